The van der Waals surface area contributed by atoms with E-state index in [1.807, 2.05) is 35.9 Å². The minimum atomic E-state index is 0.0260. The number of piperazine rings is 1. The van der Waals surface area contributed by atoms with Crippen molar-refractivity contribution in [1.29, 1.82) is 0 Å². The van der Waals surface area contributed by atoms with Crippen LogP contribution in [-0.4, -0.2) is 72.5 Å². The second-order valence-corrected chi connectivity index (χ2v) is 8.23. The van der Waals surface area contributed by atoms with Crippen molar-refractivity contribution < 1.29 is 9.59 Å². The van der Waals surface area contributed by atoms with Crippen molar-refractivity contribution in [2.24, 2.45) is 11.8 Å². The highest BCUT2D eigenvalue weighted by molar-refractivity contribution is 5.78. The molecule has 28 heavy (non-hydrogen) atoms. The van der Waals surface area contributed by atoms with Gasteiger partial charge in [-0.3, -0.25) is 4.79 Å². The zero-order valence-corrected chi connectivity index (χ0v) is 17.4. The molecule has 154 valence electrons. The van der Waals surface area contributed by atoms with Crippen molar-refractivity contribution in [2.75, 3.05) is 50.7 Å². The molecule has 0 radical (unpaired) electrons. The molecule has 1 aromatic heterocycles. The first kappa shape index (κ1) is 20.4. The molecular formula is C21H33N5O2. The van der Waals surface area contributed by atoms with Crippen molar-refractivity contribution in [3.8, 4) is 0 Å². The fourth-order valence-electron chi connectivity index (χ4n) is 4.00. The van der Waals surface area contributed by atoms with E-state index in [0.717, 1.165) is 44.8 Å². The summed E-state index contributed by atoms with van der Waals surface area (Å²) in [5.41, 5.74) is 1.17. The van der Waals surface area contributed by atoms with Crippen LogP contribution < -0.4 is 10.2 Å². The van der Waals surface area contributed by atoms with Crippen LogP contribution in [0.15, 0.2) is 18.3 Å². The lowest BCUT2D eigenvalue weighted by Crippen LogP contribution is -2.53. The fraction of sp³-hybridized carbons (Fsp3) is 0.667. The quantitative estimate of drug-likeness (QED) is 0.859. The highest BCUT2D eigenvalue weighted by atomic mass is 16.2. The molecule has 3 heterocycles. The lowest BCUT2D eigenvalue weighted by atomic mass is 9.96. The van der Waals surface area contributed by atoms with Crippen molar-refractivity contribution in [3.63, 3.8) is 0 Å². The van der Waals surface area contributed by atoms with Gasteiger partial charge in [0.2, 0.25) is 5.91 Å². The minimum Gasteiger partial charge on any atom is -0.353 e. The Morgan fingerprint density at radius 1 is 1.11 bits per heavy atom. The molecule has 0 aromatic carbocycles. The number of urea groups is 1. The molecule has 0 atom stereocenters. The number of aryl methyl sites for hydroxylation is 1. The average molecular weight is 388 g/mol. The van der Waals surface area contributed by atoms with Crippen molar-refractivity contribution in [3.05, 3.63) is 23.9 Å². The van der Waals surface area contributed by atoms with Crippen molar-refractivity contribution in [1.82, 2.24) is 20.1 Å². The van der Waals surface area contributed by atoms with Crippen LogP contribution in [0.2, 0.25) is 0 Å². The maximum absolute atomic E-state index is 12.5. The standard InChI is InChI=1S/C21H33N5O2/c1-16(2)20(27)25-9-6-18(7-10-25)15-23-21(28)26-13-11-24(12-14-26)19-17(3)5-4-8-22-19/h4-5,8,16,18H,6-7,9-15H2,1-3H3,(H,23,28). The van der Waals surface area contributed by atoms with E-state index in [-0.39, 0.29) is 17.9 Å². The van der Waals surface area contributed by atoms with Crippen LogP contribution in [0.5, 0.6) is 0 Å². The Morgan fingerprint density at radius 2 is 1.79 bits per heavy atom. The van der Waals surface area contributed by atoms with Gasteiger partial charge in [0, 0.05) is 57.9 Å². The number of rotatable bonds is 4. The number of carbonyl (C=O) groups excluding carboxylic acids is 2. The van der Waals surface area contributed by atoms with E-state index in [4.69, 9.17) is 0 Å². The summed E-state index contributed by atoms with van der Waals surface area (Å²) >= 11 is 0. The van der Waals surface area contributed by atoms with Crippen LogP contribution in [-0.2, 0) is 4.79 Å². The summed E-state index contributed by atoms with van der Waals surface area (Å²) in [5.74, 6) is 1.77. The maximum atomic E-state index is 12.5. The molecule has 1 aromatic rings. The third-order valence-electron chi connectivity index (χ3n) is 5.81. The van der Waals surface area contributed by atoms with Gasteiger partial charge in [-0.15, -0.1) is 0 Å². The number of likely N-dealkylation sites (tertiary alicyclic amines) is 1. The molecule has 0 bridgehead atoms. The number of amides is 3. The SMILES string of the molecule is Cc1cccnc1N1CCN(C(=O)NCC2CCN(C(=O)C(C)C)CC2)CC1. The van der Waals surface area contributed by atoms with E-state index in [1.54, 1.807) is 0 Å². The van der Waals surface area contributed by atoms with Gasteiger partial charge in [0.1, 0.15) is 5.82 Å². The maximum Gasteiger partial charge on any atom is 0.317 e. The number of nitrogens with zero attached hydrogens (tertiary/aromatic N) is 4. The predicted octanol–water partition coefficient (Wildman–Crippen LogP) is 2.12. The van der Waals surface area contributed by atoms with Gasteiger partial charge in [0.25, 0.3) is 0 Å². The molecule has 0 spiro atoms. The van der Waals surface area contributed by atoms with Gasteiger partial charge in [-0.1, -0.05) is 19.9 Å². The molecular weight excluding hydrogens is 354 g/mol. The Morgan fingerprint density at radius 3 is 2.39 bits per heavy atom. The lowest BCUT2D eigenvalue weighted by molar-refractivity contribution is -0.135. The molecule has 2 saturated heterocycles. The number of carbonyl (C=O) groups is 2. The van der Waals surface area contributed by atoms with Gasteiger partial charge in [-0.25, -0.2) is 9.78 Å². The van der Waals surface area contributed by atoms with Crippen molar-refractivity contribution >= 4 is 17.8 Å². The van der Waals surface area contributed by atoms with Crippen molar-refractivity contribution in [2.45, 2.75) is 33.6 Å². The summed E-state index contributed by atoms with van der Waals surface area (Å²) in [7, 11) is 0. The molecule has 7 nitrogen and oxygen atoms in total. The van der Waals surface area contributed by atoms with Crippen LogP contribution >= 0.6 is 0 Å². The Balaban J connectivity index is 1.39. The molecule has 2 fully saturated rings. The molecule has 1 N–H and O–H groups in total. The summed E-state index contributed by atoms with van der Waals surface area (Å²) in [4.78, 5) is 35.2. The molecule has 0 saturated carbocycles. The zero-order valence-electron chi connectivity index (χ0n) is 17.4. The van der Waals surface area contributed by atoms with E-state index < -0.39 is 0 Å². The van der Waals surface area contributed by atoms with Crippen LogP contribution in [0, 0.1) is 18.8 Å². The number of piperidine rings is 1. The van der Waals surface area contributed by atoms with Crippen LogP contribution in [0.4, 0.5) is 10.6 Å². The van der Waals surface area contributed by atoms with Gasteiger partial charge in [-0.05, 0) is 37.3 Å². The Kier molecular flexibility index (Phi) is 6.75. The van der Waals surface area contributed by atoms with Crippen LogP contribution in [0.1, 0.15) is 32.3 Å². The lowest BCUT2D eigenvalue weighted by Gasteiger charge is -2.37. The third-order valence-corrected chi connectivity index (χ3v) is 5.81. The second-order valence-electron chi connectivity index (χ2n) is 8.23. The second kappa shape index (κ2) is 9.26. The molecule has 2 aliphatic heterocycles. The van der Waals surface area contributed by atoms with Gasteiger partial charge >= 0.3 is 6.03 Å². The predicted molar refractivity (Wildman–Crippen MR) is 110 cm³/mol. The fourth-order valence-corrected chi connectivity index (χ4v) is 4.00. The number of nitrogens with one attached hydrogen (secondary N) is 1. The highest BCUT2D eigenvalue weighted by Gasteiger charge is 2.26. The summed E-state index contributed by atoms with van der Waals surface area (Å²) in [6, 6.07) is 4.05. The van der Waals surface area contributed by atoms with Gasteiger partial charge in [0.05, 0.1) is 0 Å². The molecule has 0 aliphatic carbocycles. The minimum absolute atomic E-state index is 0.0260. The first-order valence-electron chi connectivity index (χ1n) is 10.4. The summed E-state index contributed by atoms with van der Waals surface area (Å²) in [6.45, 7) is 11.3. The summed E-state index contributed by atoms with van der Waals surface area (Å²) in [6.07, 6.45) is 3.75. The Labute approximate surface area is 168 Å². The topological polar surface area (TPSA) is 68.8 Å². The average Bonchev–Trinajstić information content (AvgIpc) is 2.72. The highest BCUT2D eigenvalue weighted by Crippen LogP contribution is 2.19. The monoisotopic (exact) mass is 387 g/mol. The Hall–Kier alpha value is -2.31. The van der Waals surface area contributed by atoms with E-state index in [0.29, 0.717) is 25.6 Å². The number of pyridine rings is 1. The molecule has 7 heteroatoms. The van der Waals surface area contributed by atoms with Gasteiger partial charge < -0.3 is 20.0 Å². The number of aromatic nitrogens is 1. The van der Waals surface area contributed by atoms with E-state index in [9.17, 15) is 9.59 Å². The van der Waals surface area contributed by atoms with Gasteiger partial charge in [-0.2, -0.15) is 0 Å². The zero-order chi connectivity index (χ0) is 20.1. The molecule has 0 unspecified atom stereocenters. The van der Waals surface area contributed by atoms with E-state index >= 15 is 0 Å². The number of hydrogen-bond donors (Lipinski definition) is 1. The van der Waals surface area contributed by atoms with Crippen LogP contribution in [0.3, 0.4) is 0 Å². The smallest absolute Gasteiger partial charge is 0.317 e. The number of anilines is 1. The third kappa shape index (κ3) is 4.94. The molecule has 2 aliphatic rings. The van der Waals surface area contributed by atoms with E-state index in [1.165, 1.54) is 5.56 Å². The number of hydrogen-bond acceptors (Lipinski definition) is 4. The largest absolute Gasteiger partial charge is 0.353 e. The van der Waals surface area contributed by atoms with E-state index in [2.05, 4.69) is 28.2 Å². The first-order chi connectivity index (χ1) is 13.5. The summed E-state index contributed by atoms with van der Waals surface area (Å²) < 4.78 is 0. The Bertz CT molecular complexity index is 677. The van der Waals surface area contributed by atoms with Crippen LogP contribution in [0.25, 0.3) is 0 Å². The normalized spacial score (nSPS) is 18.5. The first-order valence-corrected chi connectivity index (χ1v) is 10.4. The molecule has 3 rings (SSSR count). The summed E-state index contributed by atoms with van der Waals surface area (Å²) in [5, 5.41) is 3.10. The molecule has 3 amide bonds. The van der Waals surface area contributed by atoms with Gasteiger partial charge in [0.15, 0.2) is 0 Å².